The molecule has 2 aromatic carbocycles. The van der Waals surface area contributed by atoms with Gasteiger partial charge in [0.05, 0.1) is 0 Å². The molecule has 1 aliphatic heterocycles. The van der Waals surface area contributed by atoms with Gasteiger partial charge in [-0.3, -0.25) is 4.79 Å². The lowest BCUT2D eigenvalue weighted by atomic mass is 10.1. The molecule has 3 heteroatoms. The Labute approximate surface area is 121 Å². The summed E-state index contributed by atoms with van der Waals surface area (Å²) in [7, 11) is 0. The second-order valence-electron chi connectivity index (χ2n) is 4.87. The zero-order valence-electron chi connectivity index (χ0n) is 10.6. The van der Waals surface area contributed by atoms with E-state index in [1.54, 1.807) is 0 Å². The molecule has 1 unspecified atom stereocenters. The van der Waals surface area contributed by atoms with Gasteiger partial charge < -0.3 is 4.90 Å². The fourth-order valence-corrected chi connectivity index (χ4v) is 3.03. The van der Waals surface area contributed by atoms with Crippen molar-refractivity contribution in [2.24, 2.45) is 0 Å². The Hall–Kier alpha value is -1.61. The van der Waals surface area contributed by atoms with E-state index in [2.05, 4.69) is 28.9 Å². The summed E-state index contributed by atoms with van der Waals surface area (Å²) in [5.41, 5.74) is 3.01. The first-order valence-electron chi connectivity index (χ1n) is 6.34. The third kappa shape index (κ3) is 2.19. The Balaban J connectivity index is 2.01. The Morgan fingerprint density at radius 2 is 2.00 bits per heavy atom. The monoisotopic (exact) mass is 315 g/mol. The van der Waals surface area contributed by atoms with E-state index in [1.165, 1.54) is 5.56 Å². The lowest BCUT2D eigenvalue weighted by Crippen LogP contribution is -2.35. The zero-order chi connectivity index (χ0) is 13.4. The number of halogens is 1. The Bertz CT molecular complexity index is 638. The van der Waals surface area contributed by atoms with E-state index in [0.29, 0.717) is 0 Å². The van der Waals surface area contributed by atoms with Crippen molar-refractivity contribution in [3.63, 3.8) is 0 Å². The van der Waals surface area contributed by atoms with Crippen molar-refractivity contribution >= 4 is 27.5 Å². The van der Waals surface area contributed by atoms with Crippen molar-refractivity contribution in [1.82, 2.24) is 0 Å². The molecule has 0 saturated heterocycles. The fraction of sp³-hybridized carbons (Fsp3) is 0.188. The molecular formula is C16H14BrNO. The van der Waals surface area contributed by atoms with Crippen LogP contribution in [0.2, 0.25) is 0 Å². The smallest absolute Gasteiger partial charge is 0.258 e. The minimum atomic E-state index is 0.0683. The number of nitrogens with zero attached hydrogens (tertiary/aromatic N) is 1. The van der Waals surface area contributed by atoms with Gasteiger partial charge in [0, 0.05) is 21.8 Å². The summed E-state index contributed by atoms with van der Waals surface area (Å²) in [4.78, 5) is 14.6. The summed E-state index contributed by atoms with van der Waals surface area (Å²) in [5.74, 6) is 0.0683. The first kappa shape index (κ1) is 12.4. The average Bonchev–Trinajstić information content (AvgIpc) is 2.74. The molecule has 0 aliphatic carbocycles. The largest absolute Gasteiger partial charge is 0.305 e. The molecule has 0 radical (unpaired) electrons. The number of para-hydroxylation sites is 1. The molecule has 0 fully saturated rings. The summed E-state index contributed by atoms with van der Waals surface area (Å²) in [6.45, 7) is 2.09. The zero-order valence-corrected chi connectivity index (χ0v) is 12.2. The van der Waals surface area contributed by atoms with Gasteiger partial charge in [-0.05, 0) is 43.2 Å². The van der Waals surface area contributed by atoms with E-state index < -0.39 is 0 Å². The Morgan fingerprint density at radius 1 is 1.21 bits per heavy atom. The third-order valence-electron chi connectivity index (χ3n) is 3.50. The van der Waals surface area contributed by atoms with Crippen LogP contribution < -0.4 is 4.90 Å². The summed E-state index contributed by atoms with van der Waals surface area (Å²) in [5, 5.41) is 0. The van der Waals surface area contributed by atoms with Gasteiger partial charge in [0.25, 0.3) is 5.91 Å². The number of rotatable bonds is 1. The minimum Gasteiger partial charge on any atom is -0.305 e. The van der Waals surface area contributed by atoms with Crippen molar-refractivity contribution in [1.29, 1.82) is 0 Å². The molecule has 0 bridgehead atoms. The van der Waals surface area contributed by atoms with Gasteiger partial charge >= 0.3 is 0 Å². The van der Waals surface area contributed by atoms with E-state index in [-0.39, 0.29) is 11.9 Å². The van der Waals surface area contributed by atoms with Crippen LogP contribution in [0.4, 0.5) is 5.69 Å². The number of anilines is 1. The Morgan fingerprint density at radius 3 is 2.79 bits per heavy atom. The molecule has 0 N–H and O–H groups in total. The maximum absolute atomic E-state index is 12.7. The standard InChI is InChI=1S/C16H14BrNO/c1-11-9-12-5-2-3-8-15(12)18(11)16(19)13-6-4-7-14(17)10-13/h2-8,10-11H,9H2,1H3. The molecule has 96 valence electrons. The molecule has 1 atom stereocenters. The summed E-state index contributed by atoms with van der Waals surface area (Å²) < 4.78 is 0.929. The Kier molecular flexibility index (Phi) is 3.15. The quantitative estimate of drug-likeness (QED) is 0.777. The number of fused-ring (bicyclic) bond motifs is 1. The first-order valence-corrected chi connectivity index (χ1v) is 7.13. The van der Waals surface area contributed by atoms with Gasteiger partial charge in [0.1, 0.15) is 0 Å². The highest BCUT2D eigenvalue weighted by Crippen LogP contribution is 2.33. The second-order valence-corrected chi connectivity index (χ2v) is 5.78. The SMILES string of the molecule is CC1Cc2ccccc2N1C(=O)c1cccc(Br)c1. The summed E-state index contributed by atoms with van der Waals surface area (Å²) in [6.07, 6.45) is 0.927. The van der Waals surface area contributed by atoms with E-state index >= 15 is 0 Å². The molecule has 0 saturated carbocycles. The van der Waals surface area contributed by atoms with Crippen molar-refractivity contribution in [2.45, 2.75) is 19.4 Å². The molecular weight excluding hydrogens is 302 g/mol. The molecule has 1 heterocycles. The van der Waals surface area contributed by atoms with Crippen molar-refractivity contribution in [3.05, 3.63) is 64.1 Å². The van der Waals surface area contributed by atoms with Gasteiger partial charge in [-0.25, -0.2) is 0 Å². The topological polar surface area (TPSA) is 20.3 Å². The van der Waals surface area contributed by atoms with Gasteiger partial charge in [0.2, 0.25) is 0 Å². The van der Waals surface area contributed by atoms with Crippen molar-refractivity contribution in [3.8, 4) is 0 Å². The van der Waals surface area contributed by atoms with Crippen molar-refractivity contribution in [2.75, 3.05) is 4.90 Å². The molecule has 0 aromatic heterocycles. The van der Waals surface area contributed by atoms with Crippen LogP contribution in [-0.2, 0) is 6.42 Å². The van der Waals surface area contributed by atoms with Crippen molar-refractivity contribution < 1.29 is 4.79 Å². The lowest BCUT2D eigenvalue weighted by Gasteiger charge is -2.22. The predicted molar refractivity (Wildman–Crippen MR) is 80.6 cm³/mol. The van der Waals surface area contributed by atoms with E-state index in [0.717, 1.165) is 22.1 Å². The first-order chi connectivity index (χ1) is 9.16. The normalized spacial score (nSPS) is 17.4. The van der Waals surface area contributed by atoms with Crippen LogP contribution in [0.1, 0.15) is 22.8 Å². The number of amides is 1. The van der Waals surface area contributed by atoms with Gasteiger partial charge in [-0.1, -0.05) is 40.2 Å². The van der Waals surface area contributed by atoms with Crippen LogP contribution in [0.15, 0.2) is 53.0 Å². The molecule has 1 aliphatic rings. The highest BCUT2D eigenvalue weighted by atomic mass is 79.9. The molecule has 3 rings (SSSR count). The number of hydrogen-bond acceptors (Lipinski definition) is 1. The number of benzene rings is 2. The van der Waals surface area contributed by atoms with E-state index in [1.807, 2.05) is 47.4 Å². The van der Waals surface area contributed by atoms with E-state index in [9.17, 15) is 4.79 Å². The van der Waals surface area contributed by atoms with E-state index in [4.69, 9.17) is 0 Å². The summed E-state index contributed by atoms with van der Waals surface area (Å²) in [6, 6.07) is 15.9. The molecule has 0 spiro atoms. The third-order valence-corrected chi connectivity index (χ3v) is 3.99. The molecule has 19 heavy (non-hydrogen) atoms. The van der Waals surface area contributed by atoms with Crippen LogP contribution in [0.5, 0.6) is 0 Å². The predicted octanol–water partition coefficient (Wildman–Crippen LogP) is 4.04. The fourth-order valence-electron chi connectivity index (χ4n) is 2.64. The highest BCUT2D eigenvalue weighted by Gasteiger charge is 2.31. The van der Waals surface area contributed by atoms with Crippen LogP contribution >= 0.6 is 15.9 Å². The molecule has 2 nitrogen and oxygen atoms in total. The average molecular weight is 316 g/mol. The van der Waals surface area contributed by atoms with Crippen LogP contribution in [0, 0.1) is 0 Å². The van der Waals surface area contributed by atoms with Crippen LogP contribution in [0.3, 0.4) is 0 Å². The summed E-state index contributed by atoms with van der Waals surface area (Å²) >= 11 is 3.42. The maximum atomic E-state index is 12.7. The number of carbonyl (C=O) groups is 1. The number of carbonyl (C=O) groups excluding carboxylic acids is 1. The highest BCUT2D eigenvalue weighted by molar-refractivity contribution is 9.10. The van der Waals surface area contributed by atoms with Gasteiger partial charge in [0.15, 0.2) is 0 Å². The maximum Gasteiger partial charge on any atom is 0.258 e. The minimum absolute atomic E-state index is 0.0683. The second kappa shape index (κ2) is 4.82. The van der Waals surface area contributed by atoms with Gasteiger partial charge in [-0.15, -0.1) is 0 Å². The molecule has 1 amide bonds. The lowest BCUT2D eigenvalue weighted by molar-refractivity contribution is 0.0981. The van der Waals surface area contributed by atoms with Gasteiger partial charge in [-0.2, -0.15) is 0 Å². The van der Waals surface area contributed by atoms with Crippen LogP contribution in [-0.4, -0.2) is 11.9 Å². The number of hydrogen-bond donors (Lipinski definition) is 0. The van der Waals surface area contributed by atoms with Crippen LogP contribution in [0.25, 0.3) is 0 Å². The molecule has 2 aromatic rings.